The van der Waals surface area contributed by atoms with E-state index in [-0.39, 0.29) is 0 Å². The van der Waals surface area contributed by atoms with Gasteiger partial charge in [0.15, 0.2) is 0 Å². The number of anilines is 1. The number of rotatable bonds is 7. The third-order valence-electron chi connectivity index (χ3n) is 2.62. The molecule has 0 aromatic heterocycles. The molecule has 0 saturated heterocycles. The molecule has 4 heteroatoms. The molecule has 0 heterocycles. The van der Waals surface area contributed by atoms with Crippen molar-refractivity contribution < 1.29 is 4.79 Å². The summed E-state index contributed by atoms with van der Waals surface area (Å²) in [4.78, 5) is 12.3. The average molecular weight is 233 g/mol. The Morgan fingerprint density at radius 1 is 1.47 bits per heavy atom. The van der Waals surface area contributed by atoms with E-state index >= 15 is 0 Å². The number of likely N-dealkylation sites (N-methyl/N-ethyl adjacent to an activating group) is 1. The maximum absolute atomic E-state index is 10.2. The largest absolute Gasteiger partial charge is 0.399 e. The molecule has 0 aliphatic rings. The smallest absolute Gasteiger partial charge is 0.207 e. The number of benzene rings is 1. The molecule has 0 unspecified atom stereocenters. The summed E-state index contributed by atoms with van der Waals surface area (Å²) < 4.78 is 0. The highest BCUT2D eigenvalue weighted by molar-refractivity contribution is 5.63. The van der Waals surface area contributed by atoms with Gasteiger partial charge in [0.25, 0.3) is 0 Å². The Kier molecular flexibility index (Phi) is 5.07. The summed E-state index contributed by atoms with van der Waals surface area (Å²) >= 11 is 0. The summed E-state index contributed by atoms with van der Waals surface area (Å²) in [5, 5.41) is 2.65. The minimum atomic E-state index is 0.616. The maximum atomic E-state index is 10.2. The highest BCUT2D eigenvalue weighted by Gasteiger charge is 2.06. The van der Waals surface area contributed by atoms with Crippen LogP contribution in [-0.2, 0) is 4.79 Å². The molecule has 4 nitrogen and oxygen atoms in total. The Morgan fingerprint density at radius 2 is 2.12 bits per heavy atom. The topological polar surface area (TPSA) is 58.4 Å². The molecular weight excluding hydrogens is 214 g/mol. The monoisotopic (exact) mass is 233 g/mol. The molecule has 17 heavy (non-hydrogen) atoms. The van der Waals surface area contributed by atoms with Crippen molar-refractivity contribution in [2.24, 2.45) is 0 Å². The van der Waals surface area contributed by atoms with Crippen molar-refractivity contribution in [1.29, 1.82) is 0 Å². The molecule has 0 aliphatic heterocycles. The first-order chi connectivity index (χ1) is 8.19. The van der Waals surface area contributed by atoms with Gasteiger partial charge in [-0.15, -0.1) is 0 Å². The summed E-state index contributed by atoms with van der Waals surface area (Å²) in [7, 11) is 0. The fourth-order valence-corrected chi connectivity index (χ4v) is 1.60. The van der Waals surface area contributed by atoms with Crippen LogP contribution in [0.25, 0.3) is 5.70 Å². The molecule has 92 valence electrons. The Bertz CT molecular complexity index is 373. The number of hydrogen-bond donors (Lipinski definition) is 2. The lowest BCUT2D eigenvalue weighted by molar-refractivity contribution is -0.109. The standard InChI is InChI=1S/C13H19N3O/c1-3-16(9-8-15-10-17)11(2)12-4-6-13(14)7-5-12/h4-7,10H,2-3,8-9,14H2,1H3,(H,15,17). The maximum Gasteiger partial charge on any atom is 0.207 e. The molecule has 0 fully saturated rings. The number of nitrogens with one attached hydrogen (secondary N) is 1. The van der Waals surface area contributed by atoms with Crippen LogP contribution in [0, 0.1) is 0 Å². The Labute approximate surface area is 102 Å². The van der Waals surface area contributed by atoms with Gasteiger partial charge < -0.3 is 16.0 Å². The van der Waals surface area contributed by atoms with Gasteiger partial charge in [0.2, 0.25) is 6.41 Å². The summed E-state index contributed by atoms with van der Waals surface area (Å²) in [5.41, 5.74) is 8.38. The molecule has 0 aliphatic carbocycles. The van der Waals surface area contributed by atoms with E-state index in [1.54, 1.807) is 0 Å². The normalized spacial score (nSPS) is 9.71. The van der Waals surface area contributed by atoms with E-state index in [1.165, 1.54) is 0 Å². The van der Waals surface area contributed by atoms with Gasteiger partial charge in [-0.1, -0.05) is 18.7 Å². The second-order valence-corrected chi connectivity index (χ2v) is 3.72. The van der Waals surface area contributed by atoms with Crippen LogP contribution in [0.2, 0.25) is 0 Å². The second-order valence-electron chi connectivity index (χ2n) is 3.72. The molecule has 0 spiro atoms. The van der Waals surface area contributed by atoms with Crippen molar-refractivity contribution in [1.82, 2.24) is 10.2 Å². The summed E-state index contributed by atoms with van der Waals surface area (Å²) in [5.74, 6) is 0. The molecular formula is C13H19N3O. The highest BCUT2D eigenvalue weighted by Crippen LogP contribution is 2.17. The predicted octanol–water partition coefficient (Wildman–Crippen LogP) is 1.31. The van der Waals surface area contributed by atoms with Crippen LogP contribution in [0.3, 0.4) is 0 Å². The van der Waals surface area contributed by atoms with E-state index < -0.39 is 0 Å². The van der Waals surface area contributed by atoms with Gasteiger partial charge in [0.1, 0.15) is 0 Å². The van der Waals surface area contributed by atoms with Crippen LogP contribution >= 0.6 is 0 Å². The number of hydrogen-bond acceptors (Lipinski definition) is 3. The number of carbonyl (C=O) groups excluding carboxylic acids is 1. The molecule has 0 atom stereocenters. The van der Waals surface area contributed by atoms with Crippen LogP contribution in [0.1, 0.15) is 12.5 Å². The van der Waals surface area contributed by atoms with Crippen molar-refractivity contribution in [3.63, 3.8) is 0 Å². The van der Waals surface area contributed by atoms with Gasteiger partial charge in [-0.2, -0.15) is 0 Å². The zero-order chi connectivity index (χ0) is 12.7. The number of nitrogen functional groups attached to an aromatic ring is 1. The quantitative estimate of drug-likeness (QED) is 0.424. The molecule has 0 radical (unpaired) electrons. The lowest BCUT2D eigenvalue weighted by atomic mass is 10.1. The Hall–Kier alpha value is -1.97. The first-order valence-corrected chi connectivity index (χ1v) is 5.65. The van der Waals surface area contributed by atoms with Gasteiger partial charge >= 0.3 is 0 Å². The molecule has 1 rings (SSSR count). The third-order valence-corrected chi connectivity index (χ3v) is 2.62. The van der Waals surface area contributed by atoms with Crippen LogP contribution in [0.5, 0.6) is 0 Å². The second kappa shape index (κ2) is 6.58. The summed E-state index contributed by atoms with van der Waals surface area (Å²) in [6.07, 6.45) is 0.708. The van der Waals surface area contributed by atoms with Gasteiger partial charge in [-0.3, -0.25) is 4.79 Å². The Balaban J connectivity index is 2.65. The first kappa shape index (κ1) is 13.1. The number of amides is 1. The van der Waals surface area contributed by atoms with Gasteiger partial charge in [0, 0.05) is 31.0 Å². The van der Waals surface area contributed by atoms with Crippen molar-refractivity contribution in [3.8, 4) is 0 Å². The first-order valence-electron chi connectivity index (χ1n) is 5.65. The van der Waals surface area contributed by atoms with Crippen LogP contribution < -0.4 is 11.1 Å². The number of nitrogens with two attached hydrogens (primary N) is 1. The minimum Gasteiger partial charge on any atom is -0.399 e. The van der Waals surface area contributed by atoms with Gasteiger partial charge in [-0.05, 0) is 24.6 Å². The molecule has 3 N–H and O–H groups in total. The average Bonchev–Trinajstić information content (AvgIpc) is 2.35. The van der Waals surface area contributed by atoms with E-state index in [9.17, 15) is 4.79 Å². The number of carbonyl (C=O) groups is 1. The van der Waals surface area contributed by atoms with Gasteiger partial charge in [0.05, 0.1) is 0 Å². The van der Waals surface area contributed by atoms with Crippen LogP contribution in [0.4, 0.5) is 5.69 Å². The summed E-state index contributed by atoms with van der Waals surface area (Å²) in [6, 6.07) is 7.62. The SMILES string of the molecule is C=C(c1ccc(N)cc1)N(CC)CCNC=O. The lowest BCUT2D eigenvalue weighted by Gasteiger charge is -2.25. The van der Waals surface area contributed by atoms with Crippen LogP contribution in [-0.4, -0.2) is 30.9 Å². The molecule has 1 aromatic carbocycles. The van der Waals surface area contributed by atoms with E-state index in [2.05, 4.69) is 23.7 Å². The molecule has 1 amide bonds. The zero-order valence-electron chi connectivity index (χ0n) is 10.1. The molecule has 0 saturated carbocycles. The molecule has 1 aromatic rings. The minimum absolute atomic E-state index is 0.616. The lowest BCUT2D eigenvalue weighted by Crippen LogP contribution is -2.30. The fourth-order valence-electron chi connectivity index (χ4n) is 1.60. The van der Waals surface area contributed by atoms with Crippen LogP contribution in [0.15, 0.2) is 30.8 Å². The van der Waals surface area contributed by atoms with Crippen molar-refractivity contribution in [3.05, 3.63) is 36.4 Å². The van der Waals surface area contributed by atoms with E-state index in [1.807, 2.05) is 24.3 Å². The summed E-state index contributed by atoms with van der Waals surface area (Å²) in [6.45, 7) is 8.35. The van der Waals surface area contributed by atoms with Crippen molar-refractivity contribution in [2.75, 3.05) is 25.4 Å². The van der Waals surface area contributed by atoms with E-state index in [4.69, 9.17) is 5.73 Å². The highest BCUT2D eigenvalue weighted by atomic mass is 16.1. The fraction of sp³-hybridized carbons (Fsp3) is 0.308. The number of nitrogens with zero attached hydrogens (tertiary/aromatic N) is 1. The predicted molar refractivity (Wildman–Crippen MR) is 71.2 cm³/mol. The Morgan fingerprint density at radius 3 is 2.65 bits per heavy atom. The van der Waals surface area contributed by atoms with Gasteiger partial charge in [-0.25, -0.2) is 0 Å². The van der Waals surface area contributed by atoms with E-state index in [0.717, 1.165) is 30.0 Å². The zero-order valence-corrected chi connectivity index (χ0v) is 10.1. The van der Waals surface area contributed by atoms with Crippen molar-refractivity contribution in [2.45, 2.75) is 6.92 Å². The third kappa shape index (κ3) is 3.83. The van der Waals surface area contributed by atoms with Crippen molar-refractivity contribution >= 4 is 17.8 Å². The molecule has 0 bridgehead atoms. The van der Waals surface area contributed by atoms with E-state index in [0.29, 0.717) is 13.0 Å².